The van der Waals surface area contributed by atoms with Crippen molar-refractivity contribution in [1.29, 1.82) is 0 Å². The van der Waals surface area contributed by atoms with Gasteiger partial charge in [0.2, 0.25) is 0 Å². The number of thioether (sulfide) groups is 1. The number of carbonyl (C=O) groups is 1. The molecule has 0 aliphatic carbocycles. The third-order valence-corrected chi connectivity index (χ3v) is 6.10. The van der Waals surface area contributed by atoms with E-state index in [-0.39, 0.29) is 17.4 Å². The van der Waals surface area contributed by atoms with Crippen molar-refractivity contribution in [3.8, 4) is 28.6 Å². The third-order valence-electron chi connectivity index (χ3n) is 4.67. The Labute approximate surface area is 214 Å². The van der Waals surface area contributed by atoms with Crippen LogP contribution in [0.1, 0.15) is 12.5 Å². The number of rotatable bonds is 9. The van der Waals surface area contributed by atoms with E-state index in [0.29, 0.717) is 23.2 Å². The minimum absolute atomic E-state index is 0.0595. The number of hydrazone groups is 1. The van der Waals surface area contributed by atoms with Gasteiger partial charge in [0.25, 0.3) is 5.91 Å². The fraction of sp³-hybridized carbons (Fsp3) is 0.125. The maximum atomic E-state index is 12.4. The molecule has 0 bridgehead atoms. The monoisotopic (exact) mass is 552 g/mol. The van der Waals surface area contributed by atoms with E-state index in [0.717, 1.165) is 21.5 Å². The average molecular weight is 553 g/mol. The number of amides is 1. The minimum Gasteiger partial charge on any atom is -0.507 e. The number of benzene rings is 2. The summed E-state index contributed by atoms with van der Waals surface area (Å²) >= 11 is 4.56. The Morgan fingerprint density at radius 1 is 1.23 bits per heavy atom. The van der Waals surface area contributed by atoms with Crippen LogP contribution in [0.15, 0.2) is 81.7 Å². The molecule has 2 N–H and O–H groups in total. The molecule has 35 heavy (non-hydrogen) atoms. The molecule has 0 spiro atoms. The fourth-order valence-electron chi connectivity index (χ4n) is 3.10. The first-order valence-electron chi connectivity index (χ1n) is 10.6. The van der Waals surface area contributed by atoms with Gasteiger partial charge in [-0.05, 0) is 61.5 Å². The zero-order chi connectivity index (χ0) is 24.6. The Morgan fingerprint density at radius 2 is 2.06 bits per heavy atom. The zero-order valence-corrected chi connectivity index (χ0v) is 21.0. The molecule has 2 aromatic heterocycles. The lowest BCUT2D eigenvalue weighted by Gasteiger charge is -2.11. The molecule has 0 saturated heterocycles. The molecule has 0 fully saturated rings. The van der Waals surface area contributed by atoms with Crippen LogP contribution in [0.5, 0.6) is 11.5 Å². The molecule has 4 rings (SSSR count). The van der Waals surface area contributed by atoms with Gasteiger partial charge in [-0.2, -0.15) is 5.10 Å². The number of phenols is 1. The number of hydrogen-bond donors (Lipinski definition) is 2. The number of pyridine rings is 1. The predicted molar refractivity (Wildman–Crippen MR) is 138 cm³/mol. The second kappa shape index (κ2) is 11.6. The number of carbonyl (C=O) groups excluding carboxylic acids is 1. The van der Waals surface area contributed by atoms with Crippen LogP contribution in [0.2, 0.25) is 0 Å². The molecule has 0 aliphatic heterocycles. The first-order chi connectivity index (χ1) is 17.0. The number of nitrogens with one attached hydrogen (secondary N) is 1. The normalized spacial score (nSPS) is 11.0. The van der Waals surface area contributed by atoms with Gasteiger partial charge >= 0.3 is 0 Å². The molecule has 2 heterocycles. The van der Waals surface area contributed by atoms with E-state index in [1.807, 2.05) is 47.9 Å². The average Bonchev–Trinajstić information content (AvgIpc) is 3.30. The first kappa shape index (κ1) is 24.4. The molecule has 0 aliphatic rings. The van der Waals surface area contributed by atoms with Gasteiger partial charge in [-0.1, -0.05) is 27.7 Å². The van der Waals surface area contributed by atoms with E-state index in [1.54, 1.807) is 24.5 Å². The molecule has 2 aromatic carbocycles. The molecule has 0 atom stereocenters. The van der Waals surface area contributed by atoms with Crippen LogP contribution in [0.25, 0.3) is 17.1 Å². The molecular weight excluding hydrogens is 532 g/mol. The zero-order valence-electron chi connectivity index (χ0n) is 18.6. The van der Waals surface area contributed by atoms with E-state index in [4.69, 9.17) is 4.74 Å². The van der Waals surface area contributed by atoms with Gasteiger partial charge in [0.05, 0.1) is 18.6 Å². The summed E-state index contributed by atoms with van der Waals surface area (Å²) in [6.07, 6.45) is 4.78. The highest BCUT2D eigenvalue weighted by Crippen LogP contribution is 2.28. The van der Waals surface area contributed by atoms with Crippen LogP contribution in [0, 0.1) is 0 Å². The molecule has 0 radical (unpaired) electrons. The van der Waals surface area contributed by atoms with Crippen molar-refractivity contribution in [2.24, 2.45) is 5.10 Å². The van der Waals surface area contributed by atoms with Crippen LogP contribution >= 0.6 is 27.7 Å². The largest absolute Gasteiger partial charge is 0.507 e. The molecule has 0 unspecified atom stereocenters. The van der Waals surface area contributed by atoms with Gasteiger partial charge in [-0.25, -0.2) is 5.43 Å². The Hall–Kier alpha value is -3.70. The van der Waals surface area contributed by atoms with Gasteiger partial charge in [0.15, 0.2) is 11.0 Å². The molecule has 1 amide bonds. The number of phenolic OH excluding ortho intramolecular Hbond substituents is 1. The van der Waals surface area contributed by atoms with Crippen molar-refractivity contribution in [2.75, 3.05) is 12.4 Å². The fourth-order valence-corrected chi connectivity index (χ4v) is 4.22. The van der Waals surface area contributed by atoms with Crippen LogP contribution in [-0.2, 0) is 4.79 Å². The Balaban J connectivity index is 1.51. The number of hydrogen-bond acceptors (Lipinski definition) is 8. The van der Waals surface area contributed by atoms with Crippen LogP contribution in [0.4, 0.5) is 0 Å². The molecule has 4 aromatic rings. The highest BCUT2D eigenvalue weighted by Gasteiger charge is 2.17. The van der Waals surface area contributed by atoms with Crippen LogP contribution in [-0.4, -0.2) is 49.3 Å². The van der Waals surface area contributed by atoms with Gasteiger partial charge in [0.1, 0.15) is 11.5 Å². The standard InChI is InChI=1S/C24H21BrN6O3S/c1-2-34-20-8-6-19(7-9-20)31-23(16-4-3-11-26-13-16)29-30-24(31)35-15-22(33)28-27-14-17-12-18(25)5-10-21(17)32/h3-14,32H,2,15H2,1H3,(H,28,33)/b27-14-. The number of aromatic hydroxyl groups is 1. The number of halogens is 1. The molecular formula is C24H21BrN6O3S. The molecule has 11 heteroatoms. The summed E-state index contributed by atoms with van der Waals surface area (Å²) in [5, 5.41) is 23.0. The summed E-state index contributed by atoms with van der Waals surface area (Å²) < 4.78 is 8.20. The Kier molecular flexibility index (Phi) is 8.11. The summed E-state index contributed by atoms with van der Waals surface area (Å²) in [5.74, 6) is 1.16. The summed E-state index contributed by atoms with van der Waals surface area (Å²) in [6, 6.07) is 16.2. The van der Waals surface area contributed by atoms with E-state index < -0.39 is 0 Å². The van der Waals surface area contributed by atoms with Crippen molar-refractivity contribution in [1.82, 2.24) is 25.2 Å². The second-order valence-electron chi connectivity index (χ2n) is 7.10. The highest BCUT2D eigenvalue weighted by atomic mass is 79.9. The van der Waals surface area contributed by atoms with E-state index in [1.165, 1.54) is 24.0 Å². The van der Waals surface area contributed by atoms with Gasteiger partial charge in [0, 0.05) is 33.7 Å². The van der Waals surface area contributed by atoms with Gasteiger partial charge in [-0.15, -0.1) is 10.2 Å². The maximum Gasteiger partial charge on any atom is 0.250 e. The molecule has 9 nitrogen and oxygen atoms in total. The van der Waals surface area contributed by atoms with Crippen LogP contribution < -0.4 is 10.2 Å². The quantitative estimate of drug-likeness (QED) is 0.179. The second-order valence-corrected chi connectivity index (χ2v) is 8.95. The van der Waals surface area contributed by atoms with E-state index in [9.17, 15) is 9.90 Å². The van der Waals surface area contributed by atoms with Crippen molar-refractivity contribution in [2.45, 2.75) is 12.1 Å². The van der Waals surface area contributed by atoms with E-state index in [2.05, 4.69) is 41.6 Å². The van der Waals surface area contributed by atoms with Crippen molar-refractivity contribution in [3.05, 3.63) is 77.0 Å². The number of ether oxygens (including phenoxy) is 1. The first-order valence-corrected chi connectivity index (χ1v) is 12.3. The lowest BCUT2D eigenvalue weighted by atomic mass is 10.2. The van der Waals surface area contributed by atoms with Gasteiger partial charge < -0.3 is 9.84 Å². The van der Waals surface area contributed by atoms with Crippen molar-refractivity contribution in [3.63, 3.8) is 0 Å². The number of nitrogens with zero attached hydrogens (tertiary/aromatic N) is 5. The smallest absolute Gasteiger partial charge is 0.250 e. The Morgan fingerprint density at radius 3 is 2.80 bits per heavy atom. The molecule has 178 valence electrons. The van der Waals surface area contributed by atoms with E-state index >= 15 is 0 Å². The number of aromatic nitrogens is 4. The topological polar surface area (TPSA) is 115 Å². The summed E-state index contributed by atoms with van der Waals surface area (Å²) in [6.45, 7) is 2.51. The Bertz CT molecular complexity index is 1330. The maximum absolute atomic E-state index is 12.4. The molecule has 0 saturated carbocycles. The van der Waals surface area contributed by atoms with Crippen molar-refractivity contribution >= 4 is 39.8 Å². The SMILES string of the molecule is CCOc1ccc(-n2c(SCC(=O)N/N=C\c3cc(Br)ccc3O)nnc2-c2cccnc2)cc1. The summed E-state index contributed by atoms with van der Waals surface area (Å²) in [5.41, 5.74) is 4.56. The van der Waals surface area contributed by atoms with Crippen molar-refractivity contribution < 1.29 is 14.6 Å². The minimum atomic E-state index is -0.329. The highest BCUT2D eigenvalue weighted by molar-refractivity contribution is 9.10. The lowest BCUT2D eigenvalue weighted by molar-refractivity contribution is -0.118. The van der Waals surface area contributed by atoms with Crippen LogP contribution in [0.3, 0.4) is 0 Å². The van der Waals surface area contributed by atoms with Gasteiger partial charge in [-0.3, -0.25) is 14.3 Å². The predicted octanol–water partition coefficient (Wildman–Crippen LogP) is 4.44. The summed E-state index contributed by atoms with van der Waals surface area (Å²) in [4.78, 5) is 16.6. The third kappa shape index (κ3) is 6.25. The lowest BCUT2D eigenvalue weighted by Crippen LogP contribution is -2.20. The summed E-state index contributed by atoms with van der Waals surface area (Å²) in [7, 11) is 0.